The quantitative estimate of drug-likeness (QED) is 0.0199. The summed E-state index contributed by atoms with van der Waals surface area (Å²) < 4.78 is 34.5. The van der Waals surface area contributed by atoms with Crippen molar-refractivity contribution in [2.75, 3.05) is 26.4 Å². The van der Waals surface area contributed by atoms with Crippen LogP contribution in [0.3, 0.4) is 0 Å². The largest absolute Gasteiger partial charge is 0.394 e. The van der Waals surface area contributed by atoms with Gasteiger partial charge in [-0.3, -0.25) is 4.79 Å². The standard InChI is InChI=1S/C84H157NO18/c1-3-5-7-9-11-13-15-17-19-21-23-25-27-29-31-32-33-34-36-38-40-42-44-46-48-50-52-54-56-58-60-62-72(90)85-67(68(89)61-59-57-55-53-51-49-47-45-43-41-39-37-35-30-28-26-24-22-20-18-16-14-12-10-8-6-4-2)66-98-82-78(96)75(93)80(70(64-87)100-82)103-84-79(97)76(94)81(71(65-88)101-84)102-83-77(95)74(92)73(91)69(63-86)99-83/h43,45,51,53,59,61,67-71,73-84,86-89,91-97H,3-42,44,46-50,52,54-58,60,62-66H2,1-2H3,(H,85,90)/b45-43+,53-51+,61-59+. The Hall–Kier alpha value is -1.99. The average molecular weight is 1470 g/mol. The van der Waals surface area contributed by atoms with Crippen LogP contribution in [-0.4, -0.2) is 193 Å². The molecule has 0 spiro atoms. The first-order chi connectivity index (χ1) is 50.3. The minimum Gasteiger partial charge on any atom is -0.394 e. The first kappa shape index (κ1) is 95.2. The molecule has 0 aromatic carbocycles. The van der Waals surface area contributed by atoms with Crippen molar-refractivity contribution in [3.05, 3.63) is 36.5 Å². The molecule has 3 heterocycles. The summed E-state index contributed by atoms with van der Waals surface area (Å²) in [6, 6.07) is -0.996. The van der Waals surface area contributed by atoms with Crippen LogP contribution < -0.4 is 5.32 Å². The molecule has 0 bridgehead atoms. The van der Waals surface area contributed by atoms with E-state index in [1.54, 1.807) is 6.08 Å². The predicted molar refractivity (Wildman–Crippen MR) is 411 cm³/mol. The Balaban J connectivity index is 1.36. The molecular formula is C84H157NO18. The van der Waals surface area contributed by atoms with Crippen LogP contribution in [0.1, 0.15) is 361 Å². The van der Waals surface area contributed by atoms with Gasteiger partial charge in [0.25, 0.3) is 0 Å². The minimum atomic E-state index is -1.98. The number of hydrogen-bond donors (Lipinski definition) is 12. The van der Waals surface area contributed by atoms with Crippen LogP contribution in [0.25, 0.3) is 0 Å². The molecule has 0 radical (unpaired) electrons. The predicted octanol–water partition coefficient (Wildman–Crippen LogP) is 15.1. The second kappa shape index (κ2) is 64.8. The molecular weight excluding hydrogens is 1310 g/mol. The summed E-state index contributed by atoms with van der Waals surface area (Å²) in [6.07, 6.45) is 54.4. The maximum Gasteiger partial charge on any atom is 0.220 e. The van der Waals surface area contributed by atoms with Crippen LogP contribution in [0.4, 0.5) is 0 Å². The highest BCUT2D eigenvalue weighted by molar-refractivity contribution is 5.76. The van der Waals surface area contributed by atoms with Crippen LogP contribution >= 0.6 is 0 Å². The minimum absolute atomic E-state index is 0.237. The molecule has 3 saturated heterocycles. The molecule has 3 aliphatic heterocycles. The molecule has 0 saturated carbocycles. The van der Waals surface area contributed by atoms with Crippen LogP contribution in [-0.2, 0) is 33.2 Å². The van der Waals surface area contributed by atoms with Crippen LogP contribution in [0.15, 0.2) is 36.5 Å². The molecule has 3 fully saturated rings. The first-order valence-corrected chi connectivity index (χ1v) is 42.7. The highest BCUT2D eigenvalue weighted by Crippen LogP contribution is 2.33. The highest BCUT2D eigenvalue weighted by atomic mass is 16.8. The number of unbranched alkanes of at least 4 members (excludes halogenated alkanes) is 49. The molecule has 103 heavy (non-hydrogen) atoms. The van der Waals surface area contributed by atoms with Gasteiger partial charge in [0, 0.05) is 6.42 Å². The van der Waals surface area contributed by atoms with Gasteiger partial charge in [-0.15, -0.1) is 0 Å². The molecule has 0 aliphatic carbocycles. The number of rotatable bonds is 69. The van der Waals surface area contributed by atoms with Crippen LogP contribution in [0.5, 0.6) is 0 Å². The molecule has 17 atom stereocenters. The lowest BCUT2D eigenvalue weighted by Crippen LogP contribution is -2.66. The Labute approximate surface area is 625 Å². The second-order valence-corrected chi connectivity index (χ2v) is 30.6. The summed E-state index contributed by atoms with van der Waals surface area (Å²) in [7, 11) is 0. The number of carbonyl (C=O) groups excluding carboxylic acids is 1. The van der Waals surface area contributed by atoms with E-state index < -0.39 is 124 Å². The number of aliphatic hydroxyl groups excluding tert-OH is 11. The van der Waals surface area contributed by atoms with E-state index in [1.807, 2.05) is 6.08 Å². The number of aliphatic hydroxyl groups is 11. The average Bonchev–Trinajstić information content (AvgIpc) is 0.782. The molecule has 0 aromatic rings. The molecule has 19 nitrogen and oxygen atoms in total. The van der Waals surface area contributed by atoms with Gasteiger partial charge in [-0.2, -0.15) is 0 Å². The SMILES string of the molecule is CCCCCCCCCCCCCCCCCCC/C=C/CC/C=C/CC/C=C/C(O)C(COC1OC(CO)C(OC2OC(CO)C(OC3OC(CO)C(O)C(O)C3O)C(O)C2O)C(O)C1O)NC(=O)CCCCCCCCCCCCCCCCCCCCCCCCCCCCCCCCC. The number of nitrogens with one attached hydrogen (secondary N) is 1. The number of ether oxygens (including phenoxy) is 6. The number of amides is 1. The Bertz CT molecular complexity index is 2000. The summed E-state index contributed by atoms with van der Waals surface area (Å²) >= 11 is 0. The Kier molecular flexibility index (Phi) is 59.9. The number of allylic oxidation sites excluding steroid dienone is 5. The topological polar surface area (TPSA) is 307 Å². The maximum absolute atomic E-state index is 13.5. The highest BCUT2D eigenvalue weighted by Gasteiger charge is 2.54. The fourth-order valence-corrected chi connectivity index (χ4v) is 14.6. The zero-order valence-corrected chi connectivity index (χ0v) is 65.1. The van der Waals surface area contributed by atoms with Gasteiger partial charge in [0.2, 0.25) is 5.91 Å². The molecule has 3 aliphatic rings. The van der Waals surface area contributed by atoms with Crippen molar-refractivity contribution in [3.63, 3.8) is 0 Å². The van der Waals surface area contributed by atoms with Crippen molar-refractivity contribution >= 4 is 5.91 Å². The number of hydrogen-bond acceptors (Lipinski definition) is 18. The van der Waals surface area contributed by atoms with Gasteiger partial charge in [-0.25, -0.2) is 0 Å². The molecule has 19 heteroatoms. The lowest BCUT2D eigenvalue weighted by Gasteiger charge is -2.48. The molecule has 606 valence electrons. The lowest BCUT2D eigenvalue weighted by atomic mass is 9.96. The van der Waals surface area contributed by atoms with E-state index in [2.05, 4.69) is 43.5 Å². The van der Waals surface area contributed by atoms with E-state index in [0.717, 1.165) is 44.9 Å². The molecule has 12 N–H and O–H groups in total. The van der Waals surface area contributed by atoms with E-state index in [0.29, 0.717) is 12.8 Å². The zero-order valence-electron chi connectivity index (χ0n) is 65.1. The van der Waals surface area contributed by atoms with Gasteiger partial charge in [-0.05, 0) is 44.9 Å². The smallest absolute Gasteiger partial charge is 0.220 e. The van der Waals surface area contributed by atoms with Gasteiger partial charge in [-0.1, -0.05) is 346 Å². The monoisotopic (exact) mass is 1470 g/mol. The van der Waals surface area contributed by atoms with Gasteiger partial charge in [0.15, 0.2) is 18.9 Å². The van der Waals surface area contributed by atoms with Gasteiger partial charge < -0.3 is 89.9 Å². The van der Waals surface area contributed by atoms with E-state index in [4.69, 9.17) is 28.4 Å². The third-order valence-electron chi connectivity index (χ3n) is 21.4. The van der Waals surface area contributed by atoms with Crippen molar-refractivity contribution in [2.45, 2.75) is 465 Å². The van der Waals surface area contributed by atoms with Gasteiger partial charge >= 0.3 is 0 Å². The van der Waals surface area contributed by atoms with E-state index >= 15 is 0 Å². The molecule has 0 aromatic heterocycles. The summed E-state index contributed by atoms with van der Waals surface area (Å²) in [4.78, 5) is 13.5. The normalized spacial score (nSPS) is 26.2. The van der Waals surface area contributed by atoms with Crippen molar-refractivity contribution in [1.82, 2.24) is 5.32 Å². The van der Waals surface area contributed by atoms with E-state index in [9.17, 15) is 61.0 Å². The van der Waals surface area contributed by atoms with E-state index in [1.165, 1.54) is 283 Å². The molecule has 1 amide bonds. The van der Waals surface area contributed by atoms with Crippen molar-refractivity contribution < 1.29 is 89.4 Å². The third-order valence-corrected chi connectivity index (χ3v) is 21.4. The van der Waals surface area contributed by atoms with Crippen molar-refractivity contribution in [2.24, 2.45) is 0 Å². The van der Waals surface area contributed by atoms with Crippen molar-refractivity contribution in [1.29, 1.82) is 0 Å². The first-order valence-electron chi connectivity index (χ1n) is 42.7. The number of carbonyl (C=O) groups is 1. The maximum atomic E-state index is 13.5. The molecule has 3 rings (SSSR count). The third kappa shape index (κ3) is 44.5. The lowest BCUT2D eigenvalue weighted by molar-refractivity contribution is -0.379. The summed E-state index contributed by atoms with van der Waals surface area (Å²) in [5, 5.41) is 121. The summed E-state index contributed by atoms with van der Waals surface area (Å²) in [5.41, 5.74) is 0. The summed E-state index contributed by atoms with van der Waals surface area (Å²) in [5.74, 6) is -0.282. The van der Waals surface area contributed by atoms with Gasteiger partial charge in [0.1, 0.15) is 73.2 Å². The van der Waals surface area contributed by atoms with Gasteiger partial charge in [0.05, 0.1) is 38.6 Å². The summed E-state index contributed by atoms with van der Waals surface area (Å²) in [6.45, 7) is 1.77. The zero-order chi connectivity index (χ0) is 74.6. The fraction of sp³-hybridized carbons (Fsp3) is 0.917. The fourth-order valence-electron chi connectivity index (χ4n) is 14.6. The van der Waals surface area contributed by atoms with Crippen molar-refractivity contribution in [3.8, 4) is 0 Å². The Morgan fingerprint density at radius 1 is 0.340 bits per heavy atom. The second-order valence-electron chi connectivity index (χ2n) is 30.6. The molecule has 17 unspecified atom stereocenters. The van der Waals surface area contributed by atoms with E-state index in [-0.39, 0.29) is 18.9 Å². The van der Waals surface area contributed by atoms with Crippen LogP contribution in [0, 0.1) is 0 Å². The van der Waals surface area contributed by atoms with Crippen LogP contribution in [0.2, 0.25) is 0 Å². The Morgan fingerprint density at radius 2 is 0.621 bits per heavy atom. The Morgan fingerprint density at radius 3 is 0.971 bits per heavy atom.